The van der Waals surface area contributed by atoms with E-state index in [2.05, 4.69) is 10.6 Å². The first kappa shape index (κ1) is 16.7. The largest absolute Gasteiger partial charge is 0.508 e. The van der Waals surface area contributed by atoms with Crippen LogP contribution >= 0.6 is 12.2 Å². The van der Waals surface area contributed by atoms with E-state index in [0.717, 1.165) is 16.3 Å². The average Bonchev–Trinajstić information content (AvgIpc) is 2.59. The second-order valence-electron chi connectivity index (χ2n) is 5.40. The first-order valence-corrected chi connectivity index (χ1v) is 8.09. The Morgan fingerprint density at radius 3 is 2.60 bits per heavy atom. The topological polar surface area (TPSA) is 61.4 Å². The molecule has 0 aliphatic rings. The number of hydrogen-bond donors (Lipinski definition) is 3. The first-order chi connectivity index (χ1) is 12.1. The van der Waals surface area contributed by atoms with Crippen LogP contribution in [0.25, 0.3) is 16.8 Å². The van der Waals surface area contributed by atoms with Gasteiger partial charge in [-0.05, 0) is 46.8 Å². The Balaban J connectivity index is 1.65. The molecule has 3 aromatic rings. The average molecular weight is 348 g/mol. The molecule has 0 aromatic heterocycles. The number of carbonyl (C=O) groups excluding carboxylic acids is 1. The van der Waals surface area contributed by atoms with Crippen LogP contribution in [0.4, 0.5) is 5.69 Å². The Morgan fingerprint density at radius 1 is 1.00 bits per heavy atom. The number of benzene rings is 3. The van der Waals surface area contributed by atoms with Crippen molar-refractivity contribution in [1.29, 1.82) is 0 Å². The number of phenols is 1. The van der Waals surface area contributed by atoms with E-state index in [1.165, 1.54) is 12.1 Å². The quantitative estimate of drug-likeness (QED) is 0.493. The van der Waals surface area contributed by atoms with Crippen LogP contribution in [0.1, 0.15) is 5.56 Å². The fourth-order valence-electron chi connectivity index (χ4n) is 2.46. The molecule has 0 aliphatic heterocycles. The lowest BCUT2D eigenvalue weighted by atomic mass is 10.0. The van der Waals surface area contributed by atoms with Gasteiger partial charge < -0.3 is 10.4 Å². The molecule has 0 radical (unpaired) electrons. The van der Waals surface area contributed by atoms with E-state index in [1.54, 1.807) is 24.3 Å². The molecule has 0 bridgehead atoms. The maximum atomic E-state index is 12.0. The molecule has 0 atom stereocenters. The molecule has 25 heavy (non-hydrogen) atoms. The molecule has 0 fully saturated rings. The molecule has 0 unspecified atom stereocenters. The third-order valence-corrected chi connectivity index (χ3v) is 3.78. The summed E-state index contributed by atoms with van der Waals surface area (Å²) >= 11 is 5.10. The fourth-order valence-corrected chi connectivity index (χ4v) is 2.68. The van der Waals surface area contributed by atoms with Crippen molar-refractivity contribution in [2.45, 2.75) is 0 Å². The summed E-state index contributed by atoms with van der Waals surface area (Å²) in [7, 11) is 0. The lowest BCUT2D eigenvalue weighted by Crippen LogP contribution is -2.32. The summed E-state index contributed by atoms with van der Waals surface area (Å²) in [4.78, 5) is 12.0. The Bertz CT molecular complexity index is 961. The van der Waals surface area contributed by atoms with Crippen LogP contribution in [0, 0.1) is 0 Å². The lowest BCUT2D eigenvalue weighted by Gasteiger charge is -2.08. The molecule has 0 saturated carbocycles. The van der Waals surface area contributed by atoms with Gasteiger partial charge in [-0.25, -0.2) is 0 Å². The maximum Gasteiger partial charge on any atom is 0.250 e. The van der Waals surface area contributed by atoms with Gasteiger partial charge >= 0.3 is 0 Å². The number of amides is 1. The molecule has 0 heterocycles. The normalized spacial score (nSPS) is 10.7. The SMILES string of the molecule is O=C(C=Cc1cccc2ccccc12)NC(=S)Nc1cccc(O)c1. The molecule has 0 aliphatic carbocycles. The maximum absolute atomic E-state index is 12.0. The molecule has 124 valence electrons. The molecule has 0 spiro atoms. The number of carbonyl (C=O) groups is 1. The highest BCUT2D eigenvalue weighted by atomic mass is 32.1. The van der Waals surface area contributed by atoms with E-state index in [4.69, 9.17) is 12.2 Å². The summed E-state index contributed by atoms with van der Waals surface area (Å²) in [6.45, 7) is 0. The van der Waals surface area contributed by atoms with E-state index < -0.39 is 0 Å². The smallest absolute Gasteiger partial charge is 0.250 e. The molecule has 4 nitrogen and oxygen atoms in total. The predicted molar refractivity (Wildman–Crippen MR) is 105 cm³/mol. The second kappa shape index (κ2) is 7.59. The van der Waals surface area contributed by atoms with E-state index in [9.17, 15) is 9.90 Å². The Morgan fingerprint density at radius 2 is 1.76 bits per heavy atom. The number of aromatic hydroxyl groups is 1. The summed E-state index contributed by atoms with van der Waals surface area (Å²) in [6, 6.07) is 20.4. The summed E-state index contributed by atoms with van der Waals surface area (Å²) in [6.07, 6.45) is 3.20. The van der Waals surface area contributed by atoms with Gasteiger partial charge in [-0.3, -0.25) is 10.1 Å². The van der Waals surface area contributed by atoms with Crippen molar-refractivity contribution in [3.05, 3.63) is 78.4 Å². The van der Waals surface area contributed by atoms with Crippen molar-refractivity contribution in [2.24, 2.45) is 0 Å². The van der Waals surface area contributed by atoms with Gasteiger partial charge in [0.05, 0.1) is 0 Å². The summed E-state index contributed by atoms with van der Waals surface area (Å²) in [5, 5.41) is 17.2. The minimum Gasteiger partial charge on any atom is -0.508 e. The monoisotopic (exact) mass is 348 g/mol. The number of hydrogen-bond acceptors (Lipinski definition) is 3. The highest BCUT2D eigenvalue weighted by Gasteiger charge is 2.03. The molecule has 3 N–H and O–H groups in total. The van der Waals surface area contributed by atoms with Crippen molar-refractivity contribution in [2.75, 3.05) is 5.32 Å². The Kier molecular flexibility index (Phi) is 5.06. The third kappa shape index (κ3) is 4.43. The molecular weight excluding hydrogens is 332 g/mol. The summed E-state index contributed by atoms with van der Waals surface area (Å²) in [5.74, 6) is -0.208. The minimum absolute atomic E-state index is 0.120. The van der Waals surface area contributed by atoms with Gasteiger partial charge in [0, 0.05) is 17.8 Å². The van der Waals surface area contributed by atoms with Crippen molar-refractivity contribution in [1.82, 2.24) is 5.32 Å². The zero-order valence-corrected chi connectivity index (χ0v) is 14.1. The zero-order chi connectivity index (χ0) is 17.6. The van der Waals surface area contributed by atoms with Crippen LogP contribution in [0.2, 0.25) is 0 Å². The van der Waals surface area contributed by atoms with Crippen molar-refractivity contribution >= 4 is 45.8 Å². The molecule has 1 amide bonds. The van der Waals surface area contributed by atoms with E-state index in [-0.39, 0.29) is 16.8 Å². The number of rotatable bonds is 3. The van der Waals surface area contributed by atoms with Crippen LogP contribution in [-0.4, -0.2) is 16.1 Å². The van der Waals surface area contributed by atoms with Gasteiger partial charge in [0.2, 0.25) is 5.91 Å². The summed E-state index contributed by atoms with van der Waals surface area (Å²) < 4.78 is 0. The van der Waals surface area contributed by atoms with Crippen LogP contribution < -0.4 is 10.6 Å². The Hall–Kier alpha value is -3.18. The molecule has 5 heteroatoms. The number of anilines is 1. The van der Waals surface area contributed by atoms with Crippen LogP contribution in [0.5, 0.6) is 5.75 Å². The Labute approximate surface area is 150 Å². The zero-order valence-electron chi connectivity index (χ0n) is 13.3. The first-order valence-electron chi connectivity index (χ1n) is 7.69. The number of fused-ring (bicyclic) bond motifs is 1. The minimum atomic E-state index is -0.328. The van der Waals surface area contributed by atoms with E-state index >= 15 is 0 Å². The molecule has 0 saturated heterocycles. The highest BCUT2D eigenvalue weighted by Crippen LogP contribution is 2.19. The third-order valence-electron chi connectivity index (χ3n) is 3.58. The van der Waals surface area contributed by atoms with Gasteiger partial charge in [-0.2, -0.15) is 0 Å². The second-order valence-corrected chi connectivity index (χ2v) is 5.80. The van der Waals surface area contributed by atoms with Gasteiger partial charge in [0.25, 0.3) is 0 Å². The van der Waals surface area contributed by atoms with Gasteiger partial charge in [0.1, 0.15) is 5.75 Å². The van der Waals surface area contributed by atoms with Gasteiger partial charge in [0.15, 0.2) is 5.11 Å². The van der Waals surface area contributed by atoms with Gasteiger partial charge in [-0.1, -0.05) is 48.5 Å². The molecular formula is C20H16N2O2S. The van der Waals surface area contributed by atoms with Crippen molar-refractivity contribution in [3.63, 3.8) is 0 Å². The van der Waals surface area contributed by atoms with E-state index in [1.807, 2.05) is 42.5 Å². The molecule has 3 rings (SSSR count). The van der Waals surface area contributed by atoms with Crippen LogP contribution in [-0.2, 0) is 4.79 Å². The van der Waals surface area contributed by atoms with Crippen molar-refractivity contribution in [3.8, 4) is 5.75 Å². The van der Waals surface area contributed by atoms with E-state index in [0.29, 0.717) is 5.69 Å². The predicted octanol–water partition coefficient (Wildman–Crippen LogP) is 4.07. The number of nitrogens with one attached hydrogen (secondary N) is 2. The van der Waals surface area contributed by atoms with Gasteiger partial charge in [-0.15, -0.1) is 0 Å². The lowest BCUT2D eigenvalue weighted by molar-refractivity contribution is -0.115. The fraction of sp³-hybridized carbons (Fsp3) is 0. The number of phenolic OH excluding ortho intramolecular Hbond substituents is 1. The molecule has 3 aromatic carbocycles. The number of thiocarbonyl (C=S) groups is 1. The van der Waals surface area contributed by atoms with Crippen LogP contribution in [0.3, 0.4) is 0 Å². The van der Waals surface area contributed by atoms with Crippen molar-refractivity contribution < 1.29 is 9.90 Å². The highest BCUT2D eigenvalue weighted by molar-refractivity contribution is 7.80. The van der Waals surface area contributed by atoms with Crippen LogP contribution in [0.15, 0.2) is 72.8 Å². The summed E-state index contributed by atoms with van der Waals surface area (Å²) in [5.41, 5.74) is 1.56. The standard InChI is InChI=1S/C20H16N2O2S/c23-17-9-4-8-16(13-17)21-20(25)22-19(24)12-11-15-7-3-6-14-5-1-2-10-18(14)15/h1-13,23H,(H2,21,22,24,25).